The van der Waals surface area contributed by atoms with Crippen molar-refractivity contribution in [2.75, 3.05) is 32.0 Å². The lowest BCUT2D eigenvalue weighted by atomic mass is 10.1. The van der Waals surface area contributed by atoms with Crippen molar-refractivity contribution < 1.29 is 4.74 Å². The van der Waals surface area contributed by atoms with Crippen LogP contribution in [0.4, 0.5) is 5.82 Å². The Kier molecular flexibility index (Phi) is 4.00. The average molecular weight is 383 g/mol. The van der Waals surface area contributed by atoms with Crippen molar-refractivity contribution in [3.05, 3.63) is 41.2 Å². The topological polar surface area (TPSA) is 95.8 Å². The van der Waals surface area contributed by atoms with Gasteiger partial charge in [0.15, 0.2) is 0 Å². The Morgan fingerprint density at radius 3 is 2.85 bits per heavy atom. The number of H-pyrrole nitrogens is 2. The van der Waals surface area contributed by atoms with Crippen molar-refractivity contribution in [2.24, 2.45) is 0 Å². The van der Waals surface area contributed by atoms with E-state index in [1.807, 2.05) is 24.3 Å². The molecule has 7 nitrogen and oxygen atoms in total. The fourth-order valence-electron chi connectivity index (χ4n) is 3.66. The number of benzene rings is 1. The number of nitrogens with one attached hydrogen (secondary N) is 2. The molecule has 3 aromatic heterocycles. The second kappa shape index (κ2) is 6.53. The first-order valence-electron chi connectivity index (χ1n) is 8.90. The van der Waals surface area contributed by atoms with Gasteiger partial charge in [-0.15, -0.1) is 0 Å². The number of halogens is 1. The third-order valence-corrected chi connectivity index (χ3v) is 5.47. The largest absolute Gasteiger partial charge is 0.383 e. The molecule has 0 bridgehead atoms. The van der Waals surface area contributed by atoms with E-state index in [0.717, 1.165) is 71.6 Å². The zero-order chi connectivity index (χ0) is 18.4. The fourth-order valence-corrected chi connectivity index (χ4v) is 3.96. The van der Waals surface area contributed by atoms with Crippen LogP contribution < -0.4 is 5.73 Å². The normalized spacial score (nSPS) is 15.7. The summed E-state index contributed by atoms with van der Waals surface area (Å²) in [6.45, 7) is 4.03. The molecule has 4 N–H and O–H groups in total. The first kappa shape index (κ1) is 16.6. The molecule has 0 aliphatic carbocycles. The highest BCUT2D eigenvalue weighted by atomic mass is 35.5. The Bertz CT molecular complexity index is 1110. The number of ether oxygens (including phenoxy) is 1. The van der Waals surface area contributed by atoms with Crippen molar-refractivity contribution in [3.63, 3.8) is 0 Å². The molecule has 5 rings (SSSR count). The molecule has 0 atom stereocenters. The number of fused-ring (bicyclic) bond motifs is 3. The minimum absolute atomic E-state index is 0.436. The molecule has 1 aliphatic rings. The number of hydrogen-bond donors (Lipinski definition) is 3. The van der Waals surface area contributed by atoms with E-state index in [9.17, 15) is 0 Å². The van der Waals surface area contributed by atoms with Gasteiger partial charge in [-0.3, -0.25) is 10.00 Å². The van der Waals surface area contributed by atoms with Crippen molar-refractivity contribution in [2.45, 2.75) is 6.54 Å². The predicted molar refractivity (Wildman–Crippen MR) is 107 cm³/mol. The molecule has 1 aromatic carbocycles. The molecule has 1 fully saturated rings. The third-order valence-electron chi connectivity index (χ3n) is 5.06. The summed E-state index contributed by atoms with van der Waals surface area (Å²) in [6.07, 6.45) is 1.80. The standard InChI is InChI=1S/C19H19ClN6O/c20-17-15(10-26-5-7-27-8-6-26)23-18-12-2-1-11(13-3-4-22-25-13)9-14(12)24-19(21)16(17)18/h1-4,9,23H,5-8,10H2,(H2,21,24)(H,22,25). The molecule has 27 heavy (non-hydrogen) atoms. The fraction of sp³-hybridized carbons (Fsp3) is 0.263. The highest BCUT2D eigenvalue weighted by Gasteiger charge is 2.19. The van der Waals surface area contributed by atoms with E-state index in [1.54, 1.807) is 6.20 Å². The molecular formula is C19H19ClN6O. The maximum absolute atomic E-state index is 6.67. The minimum Gasteiger partial charge on any atom is -0.383 e. The summed E-state index contributed by atoms with van der Waals surface area (Å²) in [6, 6.07) is 8.00. The van der Waals surface area contributed by atoms with Gasteiger partial charge in [-0.2, -0.15) is 5.10 Å². The van der Waals surface area contributed by atoms with E-state index < -0.39 is 0 Å². The van der Waals surface area contributed by atoms with E-state index in [1.165, 1.54) is 0 Å². The van der Waals surface area contributed by atoms with Gasteiger partial charge in [0, 0.05) is 42.5 Å². The summed E-state index contributed by atoms with van der Waals surface area (Å²) in [5, 5.41) is 9.51. The highest BCUT2D eigenvalue weighted by molar-refractivity contribution is 6.38. The summed E-state index contributed by atoms with van der Waals surface area (Å²) in [4.78, 5) is 10.4. The van der Waals surface area contributed by atoms with Gasteiger partial charge >= 0.3 is 0 Å². The lowest BCUT2D eigenvalue weighted by Gasteiger charge is -2.26. The first-order chi connectivity index (χ1) is 13.2. The van der Waals surface area contributed by atoms with Crippen molar-refractivity contribution >= 4 is 39.2 Å². The minimum atomic E-state index is 0.436. The Morgan fingerprint density at radius 2 is 2.07 bits per heavy atom. The second-order valence-electron chi connectivity index (χ2n) is 6.74. The summed E-state index contributed by atoms with van der Waals surface area (Å²) < 4.78 is 5.42. The number of anilines is 1. The molecule has 0 unspecified atom stereocenters. The molecular weight excluding hydrogens is 364 g/mol. The van der Waals surface area contributed by atoms with Crippen LogP contribution in [0.1, 0.15) is 5.69 Å². The number of hydrogen-bond acceptors (Lipinski definition) is 5. The molecule has 4 aromatic rings. The van der Waals surface area contributed by atoms with Crippen LogP contribution in [0.15, 0.2) is 30.5 Å². The number of rotatable bonds is 3. The monoisotopic (exact) mass is 382 g/mol. The Hall–Kier alpha value is -2.61. The number of nitrogen functional groups attached to an aromatic ring is 1. The van der Waals surface area contributed by atoms with Crippen LogP contribution in [-0.2, 0) is 11.3 Å². The predicted octanol–water partition coefficient (Wildman–Crippen LogP) is 3.17. The van der Waals surface area contributed by atoms with E-state index in [2.05, 4.69) is 25.1 Å². The number of aromatic amines is 2. The number of nitrogens with zero attached hydrogens (tertiary/aromatic N) is 3. The van der Waals surface area contributed by atoms with Crippen LogP contribution in [0.5, 0.6) is 0 Å². The molecule has 0 saturated carbocycles. The van der Waals surface area contributed by atoms with Crippen LogP contribution in [0, 0.1) is 0 Å². The van der Waals surface area contributed by atoms with Crippen LogP contribution in [0.2, 0.25) is 5.02 Å². The van der Waals surface area contributed by atoms with Gasteiger partial charge < -0.3 is 15.5 Å². The van der Waals surface area contributed by atoms with Crippen LogP contribution in [0.3, 0.4) is 0 Å². The zero-order valence-electron chi connectivity index (χ0n) is 14.6. The van der Waals surface area contributed by atoms with Gasteiger partial charge in [-0.05, 0) is 12.1 Å². The van der Waals surface area contributed by atoms with Crippen LogP contribution >= 0.6 is 11.6 Å². The lowest BCUT2D eigenvalue weighted by molar-refractivity contribution is 0.0337. The number of morpholine rings is 1. The Balaban J connectivity index is 1.62. The molecule has 8 heteroatoms. The molecule has 4 heterocycles. The second-order valence-corrected chi connectivity index (χ2v) is 7.12. The number of pyridine rings is 1. The number of nitrogens with two attached hydrogens (primary N) is 1. The summed E-state index contributed by atoms with van der Waals surface area (Å²) in [5.74, 6) is 0.436. The molecule has 138 valence electrons. The molecule has 0 spiro atoms. The zero-order valence-corrected chi connectivity index (χ0v) is 15.4. The SMILES string of the molecule is Nc1nc2cc(-c3cc[nH]n3)ccc2c2[nH]c(CN3CCOCC3)c(Cl)c12. The molecule has 1 aliphatic heterocycles. The lowest BCUT2D eigenvalue weighted by Crippen LogP contribution is -2.35. The molecule has 0 radical (unpaired) electrons. The molecule has 0 amide bonds. The van der Waals surface area contributed by atoms with E-state index in [0.29, 0.717) is 10.8 Å². The van der Waals surface area contributed by atoms with Crippen molar-refractivity contribution in [3.8, 4) is 11.3 Å². The van der Waals surface area contributed by atoms with Crippen LogP contribution in [-0.4, -0.2) is 51.4 Å². The van der Waals surface area contributed by atoms with Gasteiger partial charge in [0.2, 0.25) is 0 Å². The molecule has 1 saturated heterocycles. The summed E-state index contributed by atoms with van der Waals surface area (Å²) >= 11 is 6.67. The quantitative estimate of drug-likeness (QED) is 0.505. The Morgan fingerprint density at radius 1 is 1.22 bits per heavy atom. The van der Waals surface area contributed by atoms with Gasteiger partial charge in [0.05, 0.1) is 40.3 Å². The van der Waals surface area contributed by atoms with E-state index >= 15 is 0 Å². The van der Waals surface area contributed by atoms with Crippen LogP contribution in [0.25, 0.3) is 33.1 Å². The average Bonchev–Trinajstić information content (AvgIpc) is 3.32. The Labute approximate surface area is 160 Å². The maximum atomic E-state index is 6.67. The maximum Gasteiger partial charge on any atom is 0.135 e. The smallest absolute Gasteiger partial charge is 0.135 e. The van der Waals surface area contributed by atoms with E-state index in [-0.39, 0.29) is 0 Å². The summed E-state index contributed by atoms with van der Waals surface area (Å²) in [5.41, 5.74) is 10.8. The van der Waals surface area contributed by atoms with Gasteiger partial charge in [0.1, 0.15) is 5.82 Å². The van der Waals surface area contributed by atoms with Crippen molar-refractivity contribution in [1.82, 2.24) is 25.1 Å². The van der Waals surface area contributed by atoms with E-state index in [4.69, 9.17) is 22.1 Å². The van der Waals surface area contributed by atoms with Gasteiger partial charge in [-0.25, -0.2) is 4.98 Å². The van der Waals surface area contributed by atoms with Crippen molar-refractivity contribution in [1.29, 1.82) is 0 Å². The first-order valence-corrected chi connectivity index (χ1v) is 9.28. The summed E-state index contributed by atoms with van der Waals surface area (Å²) in [7, 11) is 0. The highest BCUT2D eigenvalue weighted by Crippen LogP contribution is 2.37. The number of aromatic nitrogens is 4. The third kappa shape index (κ3) is 2.84. The van der Waals surface area contributed by atoms with Gasteiger partial charge in [-0.1, -0.05) is 23.7 Å². The van der Waals surface area contributed by atoms with Gasteiger partial charge in [0.25, 0.3) is 0 Å².